The number of halogens is 1. The molecule has 0 bridgehead atoms. The number of ether oxygens (including phenoxy) is 1. The molecular weight excluding hydrogens is 382 g/mol. The molecule has 29 heavy (non-hydrogen) atoms. The lowest BCUT2D eigenvalue weighted by Crippen LogP contribution is -2.06. The fourth-order valence-corrected chi connectivity index (χ4v) is 4.29. The molecule has 2 heterocycles. The molecule has 5 heteroatoms. The van der Waals surface area contributed by atoms with Gasteiger partial charge in [-0.25, -0.2) is 4.68 Å². The van der Waals surface area contributed by atoms with Crippen molar-refractivity contribution in [3.8, 4) is 22.7 Å². The zero-order chi connectivity index (χ0) is 19.8. The van der Waals surface area contributed by atoms with Gasteiger partial charge in [0.15, 0.2) is 0 Å². The van der Waals surface area contributed by atoms with Gasteiger partial charge in [-0.1, -0.05) is 41.9 Å². The monoisotopic (exact) mass is 401 g/mol. The minimum atomic E-state index is 0.402. The summed E-state index contributed by atoms with van der Waals surface area (Å²) in [6.07, 6.45) is 5.63. The van der Waals surface area contributed by atoms with Crippen LogP contribution in [0.5, 0.6) is 5.75 Å². The van der Waals surface area contributed by atoms with Gasteiger partial charge in [-0.2, -0.15) is 5.10 Å². The smallest absolute Gasteiger partial charge is 0.144 e. The summed E-state index contributed by atoms with van der Waals surface area (Å²) in [5, 5.41) is 5.75. The molecule has 5 rings (SSSR count). The molecule has 1 aliphatic rings. The first-order valence-electron chi connectivity index (χ1n) is 9.64. The number of methoxy groups -OCH3 is 1. The standard InChI is InChI=1S/C24H20ClN3O/c1-29-23-7-3-2-6-22(23)28-24(16-8-10-19(25)11-9-16)20-13-18(14-21(20)27-28)17-5-4-12-26-15-17/h2-12,15,18H,13-14H2,1H3. The molecule has 0 amide bonds. The molecule has 0 aliphatic heterocycles. The highest BCUT2D eigenvalue weighted by atomic mass is 35.5. The van der Waals surface area contributed by atoms with E-state index < -0.39 is 0 Å². The molecule has 4 nitrogen and oxygen atoms in total. The van der Waals surface area contributed by atoms with E-state index in [-0.39, 0.29) is 0 Å². The van der Waals surface area contributed by atoms with Crippen LogP contribution in [0.1, 0.15) is 22.7 Å². The molecule has 1 aliphatic carbocycles. The zero-order valence-corrected chi connectivity index (χ0v) is 16.8. The maximum Gasteiger partial charge on any atom is 0.144 e. The zero-order valence-electron chi connectivity index (χ0n) is 16.0. The third kappa shape index (κ3) is 3.19. The van der Waals surface area contributed by atoms with E-state index in [4.69, 9.17) is 21.4 Å². The molecule has 0 saturated heterocycles. The van der Waals surface area contributed by atoms with Crippen molar-refractivity contribution in [2.24, 2.45) is 0 Å². The van der Waals surface area contributed by atoms with E-state index in [1.54, 1.807) is 7.11 Å². The summed E-state index contributed by atoms with van der Waals surface area (Å²) in [6, 6.07) is 20.1. The third-order valence-corrected chi connectivity index (χ3v) is 5.80. The second kappa shape index (κ2) is 7.37. The number of fused-ring (bicyclic) bond motifs is 1. The summed E-state index contributed by atoms with van der Waals surface area (Å²) in [5.41, 5.74) is 6.82. The molecule has 1 atom stereocenters. The average molecular weight is 402 g/mol. The minimum absolute atomic E-state index is 0.402. The Labute approximate surface area is 174 Å². The summed E-state index contributed by atoms with van der Waals surface area (Å²) < 4.78 is 7.63. The van der Waals surface area contributed by atoms with E-state index in [1.807, 2.05) is 59.5 Å². The number of hydrogen-bond acceptors (Lipinski definition) is 3. The Morgan fingerprint density at radius 1 is 1.00 bits per heavy atom. The number of aromatic nitrogens is 3. The van der Waals surface area contributed by atoms with Crippen LogP contribution in [0.2, 0.25) is 5.02 Å². The summed E-state index contributed by atoms with van der Waals surface area (Å²) in [7, 11) is 1.69. The number of benzene rings is 2. The molecule has 4 aromatic rings. The first-order valence-corrected chi connectivity index (χ1v) is 10.0. The van der Waals surface area contributed by atoms with Gasteiger partial charge in [0.1, 0.15) is 11.4 Å². The normalized spacial score (nSPS) is 15.3. The van der Waals surface area contributed by atoms with Crippen LogP contribution in [0.15, 0.2) is 73.1 Å². The fraction of sp³-hybridized carbons (Fsp3) is 0.167. The molecule has 0 spiro atoms. The van der Waals surface area contributed by atoms with Crippen molar-refractivity contribution < 1.29 is 4.74 Å². The quantitative estimate of drug-likeness (QED) is 0.454. The van der Waals surface area contributed by atoms with E-state index in [2.05, 4.69) is 23.2 Å². The molecule has 0 fully saturated rings. The van der Waals surface area contributed by atoms with Crippen LogP contribution >= 0.6 is 11.6 Å². The maximum atomic E-state index is 6.15. The highest BCUT2D eigenvalue weighted by Crippen LogP contribution is 2.41. The summed E-state index contributed by atoms with van der Waals surface area (Å²) in [4.78, 5) is 4.30. The molecule has 2 aromatic carbocycles. The van der Waals surface area contributed by atoms with Gasteiger partial charge in [0, 0.05) is 28.5 Å². The number of rotatable bonds is 4. The predicted molar refractivity (Wildman–Crippen MR) is 115 cm³/mol. The molecule has 0 saturated carbocycles. The molecule has 0 radical (unpaired) electrons. The lowest BCUT2D eigenvalue weighted by atomic mass is 9.97. The number of nitrogens with zero attached hydrogens (tertiary/aromatic N) is 3. The summed E-state index contributed by atoms with van der Waals surface area (Å²) in [5.74, 6) is 1.20. The Kier molecular flexibility index (Phi) is 4.57. The van der Waals surface area contributed by atoms with Gasteiger partial charge in [0.2, 0.25) is 0 Å². The number of para-hydroxylation sites is 2. The maximum absolute atomic E-state index is 6.15. The van der Waals surface area contributed by atoms with Gasteiger partial charge in [-0.15, -0.1) is 0 Å². The van der Waals surface area contributed by atoms with E-state index in [0.29, 0.717) is 5.92 Å². The Morgan fingerprint density at radius 2 is 1.83 bits per heavy atom. The Bertz CT molecular complexity index is 1150. The second-order valence-electron chi connectivity index (χ2n) is 7.26. The molecule has 2 aromatic heterocycles. The van der Waals surface area contributed by atoms with Crippen LogP contribution < -0.4 is 4.74 Å². The van der Waals surface area contributed by atoms with Crippen molar-refractivity contribution in [2.75, 3.05) is 7.11 Å². The van der Waals surface area contributed by atoms with Crippen LogP contribution in [-0.4, -0.2) is 21.9 Å². The van der Waals surface area contributed by atoms with Crippen LogP contribution in [0.4, 0.5) is 0 Å². The van der Waals surface area contributed by atoms with Crippen molar-refractivity contribution in [3.63, 3.8) is 0 Å². The first-order chi connectivity index (χ1) is 14.2. The van der Waals surface area contributed by atoms with Crippen molar-refractivity contribution in [3.05, 3.63) is 94.9 Å². The summed E-state index contributed by atoms with van der Waals surface area (Å²) in [6.45, 7) is 0. The predicted octanol–water partition coefficient (Wildman–Crippen LogP) is 5.48. The van der Waals surface area contributed by atoms with E-state index in [1.165, 1.54) is 11.1 Å². The van der Waals surface area contributed by atoms with Gasteiger partial charge < -0.3 is 4.74 Å². The number of hydrogen-bond donors (Lipinski definition) is 0. The second-order valence-corrected chi connectivity index (χ2v) is 7.69. The van der Waals surface area contributed by atoms with Crippen LogP contribution in [0, 0.1) is 0 Å². The van der Waals surface area contributed by atoms with E-state index in [0.717, 1.165) is 46.3 Å². The number of pyridine rings is 1. The molecule has 0 N–H and O–H groups in total. The largest absolute Gasteiger partial charge is 0.494 e. The highest BCUT2D eigenvalue weighted by Gasteiger charge is 2.31. The summed E-state index contributed by atoms with van der Waals surface area (Å²) >= 11 is 6.15. The molecular formula is C24H20ClN3O. The van der Waals surface area contributed by atoms with Gasteiger partial charge in [0.05, 0.1) is 18.5 Å². The minimum Gasteiger partial charge on any atom is -0.494 e. The van der Waals surface area contributed by atoms with Crippen molar-refractivity contribution in [2.45, 2.75) is 18.8 Å². The highest BCUT2D eigenvalue weighted by molar-refractivity contribution is 6.30. The van der Waals surface area contributed by atoms with Gasteiger partial charge in [-0.3, -0.25) is 4.98 Å². The molecule has 1 unspecified atom stereocenters. The van der Waals surface area contributed by atoms with Crippen molar-refractivity contribution in [1.82, 2.24) is 14.8 Å². The third-order valence-electron chi connectivity index (χ3n) is 5.54. The van der Waals surface area contributed by atoms with Crippen molar-refractivity contribution in [1.29, 1.82) is 0 Å². The van der Waals surface area contributed by atoms with Gasteiger partial charge >= 0.3 is 0 Å². The van der Waals surface area contributed by atoms with E-state index in [9.17, 15) is 0 Å². The lowest BCUT2D eigenvalue weighted by Gasteiger charge is -2.15. The average Bonchev–Trinajstić information content (AvgIpc) is 3.33. The topological polar surface area (TPSA) is 39.9 Å². The first kappa shape index (κ1) is 18.0. The lowest BCUT2D eigenvalue weighted by molar-refractivity contribution is 0.411. The Morgan fingerprint density at radius 3 is 2.59 bits per heavy atom. The van der Waals surface area contributed by atoms with Gasteiger partial charge in [-0.05, 0) is 54.7 Å². The molecule has 144 valence electrons. The van der Waals surface area contributed by atoms with Crippen LogP contribution in [0.25, 0.3) is 16.9 Å². The Balaban J connectivity index is 1.66. The SMILES string of the molecule is COc1ccccc1-n1nc2c(c1-c1ccc(Cl)cc1)CC(c1cccnc1)C2. The van der Waals surface area contributed by atoms with Crippen molar-refractivity contribution >= 4 is 11.6 Å². The Hall–Kier alpha value is -3.11. The van der Waals surface area contributed by atoms with Gasteiger partial charge in [0.25, 0.3) is 0 Å². The van der Waals surface area contributed by atoms with E-state index >= 15 is 0 Å². The van der Waals surface area contributed by atoms with Crippen LogP contribution in [0.3, 0.4) is 0 Å². The van der Waals surface area contributed by atoms with Crippen LogP contribution in [-0.2, 0) is 12.8 Å². The fourth-order valence-electron chi connectivity index (χ4n) is 4.16.